The molecule has 0 bridgehead atoms. The Balaban J connectivity index is 2.17. The van der Waals surface area contributed by atoms with Crippen molar-refractivity contribution >= 4 is 0 Å². The van der Waals surface area contributed by atoms with Crippen molar-refractivity contribution in [3.8, 4) is 17.6 Å². The lowest BCUT2D eigenvalue weighted by molar-refractivity contribution is 0.174. The molecule has 0 aromatic heterocycles. The van der Waals surface area contributed by atoms with Crippen molar-refractivity contribution < 1.29 is 9.47 Å². The molecule has 1 heterocycles. The smallest absolute Gasteiger partial charge is 0.231 e. The molecule has 0 amide bonds. The maximum atomic E-state index is 9.19. The van der Waals surface area contributed by atoms with Crippen LogP contribution in [0.4, 0.5) is 0 Å². The van der Waals surface area contributed by atoms with Gasteiger partial charge in [-0.1, -0.05) is 13.0 Å². The van der Waals surface area contributed by atoms with Crippen molar-refractivity contribution in [2.45, 2.75) is 32.4 Å². The molecule has 1 N–H and O–H groups in total. The van der Waals surface area contributed by atoms with Crippen molar-refractivity contribution in [3.05, 3.63) is 23.8 Å². The van der Waals surface area contributed by atoms with Crippen LogP contribution >= 0.6 is 0 Å². The van der Waals surface area contributed by atoms with Gasteiger partial charge in [-0.3, -0.25) is 5.32 Å². The second-order valence-electron chi connectivity index (χ2n) is 4.15. The van der Waals surface area contributed by atoms with Gasteiger partial charge in [0.1, 0.15) is 6.04 Å². The van der Waals surface area contributed by atoms with E-state index in [1.165, 1.54) is 0 Å². The summed E-state index contributed by atoms with van der Waals surface area (Å²) in [6, 6.07) is 7.89. The van der Waals surface area contributed by atoms with Crippen molar-refractivity contribution in [2.75, 3.05) is 6.79 Å². The lowest BCUT2D eigenvalue weighted by atomic mass is 10.1. The van der Waals surface area contributed by atoms with Gasteiger partial charge in [-0.25, -0.2) is 0 Å². The molecule has 2 rings (SSSR count). The largest absolute Gasteiger partial charge is 0.454 e. The minimum atomic E-state index is -0.306. The number of fused-ring (bicyclic) bond motifs is 1. The van der Waals surface area contributed by atoms with Crippen LogP contribution in [0.15, 0.2) is 18.2 Å². The summed E-state index contributed by atoms with van der Waals surface area (Å²) in [5, 5.41) is 12.5. The van der Waals surface area contributed by atoms with E-state index in [0.29, 0.717) is 11.8 Å². The van der Waals surface area contributed by atoms with Crippen molar-refractivity contribution in [1.29, 1.82) is 5.26 Å². The number of nitrogens with one attached hydrogen (secondary N) is 1. The molecule has 0 saturated carbocycles. The van der Waals surface area contributed by atoms with Crippen LogP contribution in [0.25, 0.3) is 0 Å². The first-order chi connectivity index (χ1) is 8.24. The average molecular weight is 232 g/mol. The van der Waals surface area contributed by atoms with E-state index in [2.05, 4.69) is 25.2 Å². The molecule has 0 aliphatic carbocycles. The fourth-order valence-electron chi connectivity index (χ4n) is 1.70. The molecule has 0 saturated heterocycles. The Kier molecular flexibility index (Phi) is 3.50. The third-order valence-corrected chi connectivity index (χ3v) is 2.92. The van der Waals surface area contributed by atoms with Crippen LogP contribution < -0.4 is 14.8 Å². The maximum Gasteiger partial charge on any atom is 0.231 e. The van der Waals surface area contributed by atoms with Crippen LogP contribution in [-0.4, -0.2) is 12.8 Å². The Morgan fingerprint density at radius 3 is 2.88 bits per heavy atom. The van der Waals surface area contributed by atoms with Gasteiger partial charge in [-0.05, 0) is 31.0 Å². The number of nitriles is 1. The van der Waals surface area contributed by atoms with Gasteiger partial charge in [-0.2, -0.15) is 5.26 Å². The monoisotopic (exact) mass is 232 g/mol. The molecule has 0 radical (unpaired) electrons. The third-order valence-electron chi connectivity index (χ3n) is 2.92. The van der Waals surface area contributed by atoms with Gasteiger partial charge in [0, 0.05) is 6.04 Å². The first kappa shape index (κ1) is 11.7. The molecule has 0 fully saturated rings. The minimum absolute atomic E-state index is 0.259. The van der Waals surface area contributed by atoms with Gasteiger partial charge in [-0.15, -0.1) is 0 Å². The molecule has 1 aromatic rings. The van der Waals surface area contributed by atoms with Gasteiger partial charge in [0.25, 0.3) is 0 Å². The number of ether oxygens (including phenoxy) is 2. The first-order valence-corrected chi connectivity index (χ1v) is 5.79. The molecule has 4 nitrogen and oxygen atoms in total. The Morgan fingerprint density at radius 1 is 1.41 bits per heavy atom. The van der Waals surface area contributed by atoms with Gasteiger partial charge in [0.2, 0.25) is 6.79 Å². The highest BCUT2D eigenvalue weighted by Crippen LogP contribution is 2.34. The molecule has 2 atom stereocenters. The summed E-state index contributed by atoms with van der Waals surface area (Å²) in [5.74, 6) is 1.46. The standard InChI is InChI=1S/C13H16N2O2/c1-3-9(2)15-11(7-14)10-4-5-12-13(6-10)17-8-16-12/h4-6,9,11,15H,3,8H2,1-2H3. The zero-order valence-corrected chi connectivity index (χ0v) is 10.1. The highest BCUT2D eigenvalue weighted by molar-refractivity contribution is 5.46. The predicted molar refractivity (Wildman–Crippen MR) is 63.8 cm³/mol. The van der Waals surface area contributed by atoms with E-state index in [9.17, 15) is 5.26 Å². The second kappa shape index (κ2) is 5.07. The molecular formula is C13H16N2O2. The van der Waals surface area contributed by atoms with Crippen LogP contribution in [0.5, 0.6) is 11.5 Å². The second-order valence-corrected chi connectivity index (χ2v) is 4.15. The molecule has 2 unspecified atom stereocenters. The van der Waals surface area contributed by atoms with Crippen LogP contribution in [0.1, 0.15) is 31.9 Å². The number of rotatable bonds is 4. The molecular weight excluding hydrogens is 216 g/mol. The fraction of sp³-hybridized carbons (Fsp3) is 0.462. The summed E-state index contributed by atoms with van der Waals surface area (Å²) in [5.41, 5.74) is 0.914. The number of nitrogens with zero attached hydrogens (tertiary/aromatic N) is 1. The van der Waals surface area contributed by atoms with E-state index in [4.69, 9.17) is 9.47 Å². The van der Waals surface area contributed by atoms with E-state index < -0.39 is 0 Å². The van der Waals surface area contributed by atoms with Gasteiger partial charge in [0.15, 0.2) is 11.5 Å². The van der Waals surface area contributed by atoms with E-state index in [0.717, 1.165) is 17.7 Å². The lowest BCUT2D eigenvalue weighted by Crippen LogP contribution is -2.29. The lowest BCUT2D eigenvalue weighted by Gasteiger charge is -2.17. The average Bonchev–Trinajstić information content (AvgIpc) is 2.82. The highest BCUT2D eigenvalue weighted by atomic mass is 16.7. The van der Waals surface area contributed by atoms with E-state index >= 15 is 0 Å². The molecule has 4 heteroatoms. The van der Waals surface area contributed by atoms with Gasteiger partial charge >= 0.3 is 0 Å². The van der Waals surface area contributed by atoms with E-state index in [-0.39, 0.29) is 12.8 Å². The topological polar surface area (TPSA) is 54.3 Å². The van der Waals surface area contributed by atoms with Crippen molar-refractivity contribution in [2.24, 2.45) is 0 Å². The fourth-order valence-corrected chi connectivity index (χ4v) is 1.70. The van der Waals surface area contributed by atoms with Gasteiger partial charge in [0.05, 0.1) is 6.07 Å². The molecule has 0 spiro atoms. The van der Waals surface area contributed by atoms with E-state index in [1.807, 2.05) is 18.2 Å². The molecule has 17 heavy (non-hydrogen) atoms. The first-order valence-electron chi connectivity index (χ1n) is 5.79. The molecule has 1 aliphatic rings. The normalized spacial score (nSPS) is 16.3. The number of benzene rings is 1. The van der Waals surface area contributed by atoms with Gasteiger partial charge < -0.3 is 9.47 Å². The minimum Gasteiger partial charge on any atom is -0.454 e. The summed E-state index contributed by atoms with van der Waals surface area (Å²) >= 11 is 0. The predicted octanol–water partition coefficient (Wildman–Crippen LogP) is 2.37. The molecule has 1 aromatic carbocycles. The third kappa shape index (κ3) is 2.51. The van der Waals surface area contributed by atoms with Crippen LogP contribution in [0.2, 0.25) is 0 Å². The molecule has 1 aliphatic heterocycles. The Hall–Kier alpha value is -1.73. The zero-order chi connectivity index (χ0) is 12.3. The van der Waals surface area contributed by atoms with Crippen LogP contribution in [0.3, 0.4) is 0 Å². The number of hydrogen-bond donors (Lipinski definition) is 1. The van der Waals surface area contributed by atoms with E-state index in [1.54, 1.807) is 0 Å². The summed E-state index contributed by atoms with van der Waals surface area (Å²) in [6.45, 7) is 4.41. The zero-order valence-electron chi connectivity index (χ0n) is 10.1. The number of hydrogen-bond acceptors (Lipinski definition) is 4. The summed E-state index contributed by atoms with van der Waals surface area (Å²) in [4.78, 5) is 0. The molecule has 90 valence electrons. The Labute approximate surface area is 101 Å². The summed E-state index contributed by atoms with van der Waals surface area (Å²) < 4.78 is 10.5. The van der Waals surface area contributed by atoms with Crippen molar-refractivity contribution in [3.63, 3.8) is 0 Å². The van der Waals surface area contributed by atoms with Crippen LogP contribution in [0, 0.1) is 11.3 Å². The summed E-state index contributed by atoms with van der Waals surface area (Å²) in [7, 11) is 0. The Bertz CT molecular complexity index is 440. The van der Waals surface area contributed by atoms with Crippen molar-refractivity contribution in [1.82, 2.24) is 5.32 Å². The van der Waals surface area contributed by atoms with Crippen LogP contribution in [-0.2, 0) is 0 Å². The SMILES string of the molecule is CCC(C)NC(C#N)c1ccc2c(c1)OCO2. The quantitative estimate of drug-likeness (QED) is 0.865. The summed E-state index contributed by atoms with van der Waals surface area (Å²) in [6.07, 6.45) is 0.989. The Morgan fingerprint density at radius 2 is 2.18 bits per heavy atom. The highest BCUT2D eigenvalue weighted by Gasteiger charge is 2.18. The maximum absolute atomic E-state index is 9.19.